The molecule has 3 atom stereocenters. The van der Waals surface area contributed by atoms with Gasteiger partial charge < -0.3 is 15.0 Å². The highest BCUT2D eigenvalue weighted by molar-refractivity contribution is 7.85. The zero-order chi connectivity index (χ0) is 16.8. The lowest BCUT2D eigenvalue weighted by molar-refractivity contribution is 0.178. The zero-order valence-corrected chi connectivity index (χ0v) is 14.9. The van der Waals surface area contributed by atoms with Gasteiger partial charge in [-0.1, -0.05) is 18.2 Å². The maximum absolute atomic E-state index is 12.2. The fraction of sp³-hybridized carbons (Fsp3) is 0.588. The van der Waals surface area contributed by atoms with Gasteiger partial charge in [-0.3, -0.25) is 4.21 Å². The number of carbonyl (C=O) groups is 1. The van der Waals surface area contributed by atoms with Gasteiger partial charge in [-0.25, -0.2) is 4.79 Å². The molecule has 0 saturated carbocycles. The number of urea groups is 1. The summed E-state index contributed by atoms with van der Waals surface area (Å²) in [7, 11) is -0.826. The van der Waals surface area contributed by atoms with Crippen LogP contribution in [-0.2, 0) is 10.8 Å². The molecular formula is C17H26N2O3S. The summed E-state index contributed by atoms with van der Waals surface area (Å²) in [5.41, 5.74) is 1.11. The predicted octanol–water partition coefficient (Wildman–Crippen LogP) is 2.31. The molecule has 0 aromatic heterocycles. The second kappa shape index (κ2) is 8.34. The summed E-state index contributed by atoms with van der Waals surface area (Å²) in [6, 6.07) is 7.83. The molecule has 1 N–H and O–H groups in total. The third-order valence-electron chi connectivity index (χ3n) is 4.33. The first kappa shape index (κ1) is 17.8. The molecule has 1 fully saturated rings. The molecule has 2 amide bonds. The highest BCUT2D eigenvalue weighted by Crippen LogP contribution is 2.17. The minimum absolute atomic E-state index is 0.00722. The molecule has 0 spiro atoms. The highest BCUT2D eigenvalue weighted by Gasteiger charge is 2.32. The number of aryl methyl sites for hydroxylation is 1. The van der Waals surface area contributed by atoms with Crippen LogP contribution in [0.5, 0.6) is 5.75 Å². The monoisotopic (exact) mass is 338 g/mol. The number of nitrogens with zero attached hydrogens (tertiary/aromatic N) is 1. The van der Waals surface area contributed by atoms with Crippen LogP contribution in [0.25, 0.3) is 0 Å². The first-order chi connectivity index (χ1) is 11.0. The van der Waals surface area contributed by atoms with E-state index in [0.717, 1.165) is 17.7 Å². The van der Waals surface area contributed by atoms with Crippen LogP contribution in [-0.4, -0.2) is 51.9 Å². The lowest BCUT2D eigenvalue weighted by Gasteiger charge is -2.37. The average Bonchev–Trinajstić information content (AvgIpc) is 2.54. The van der Waals surface area contributed by atoms with Crippen molar-refractivity contribution in [3.63, 3.8) is 0 Å². The van der Waals surface area contributed by atoms with Gasteiger partial charge in [-0.15, -0.1) is 0 Å². The van der Waals surface area contributed by atoms with E-state index in [1.807, 2.05) is 45.0 Å². The van der Waals surface area contributed by atoms with Crippen molar-refractivity contribution in [1.29, 1.82) is 0 Å². The van der Waals surface area contributed by atoms with E-state index >= 15 is 0 Å². The Balaban J connectivity index is 1.69. The molecule has 0 unspecified atom stereocenters. The number of amides is 2. The van der Waals surface area contributed by atoms with Crippen molar-refractivity contribution in [3.8, 4) is 5.75 Å². The van der Waals surface area contributed by atoms with E-state index in [2.05, 4.69) is 5.32 Å². The lowest BCUT2D eigenvalue weighted by atomic mass is 10.2. The van der Waals surface area contributed by atoms with Crippen LogP contribution in [0.3, 0.4) is 0 Å². The molecule has 1 aliphatic heterocycles. The fourth-order valence-corrected chi connectivity index (χ4v) is 3.94. The van der Waals surface area contributed by atoms with Gasteiger partial charge >= 0.3 is 6.03 Å². The maximum Gasteiger partial charge on any atom is 0.317 e. The van der Waals surface area contributed by atoms with E-state index in [4.69, 9.17) is 4.74 Å². The van der Waals surface area contributed by atoms with Crippen molar-refractivity contribution in [2.45, 2.75) is 38.5 Å². The van der Waals surface area contributed by atoms with Crippen LogP contribution >= 0.6 is 0 Å². The summed E-state index contributed by atoms with van der Waals surface area (Å²) in [5, 5.41) is 2.95. The Morgan fingerprint density at radius 1 is 1.39 bits per heavy atom. The van der Waals surface area contributed by atoms with Crippen molar-refractivity contribution in [1.82, 2.24) is 10.2 Å². The number of benzene rings is 1. The molecule has 1 aromatic rings. The smallest absolute Gasteiger partial charge is 0.317 e. The minimum atomic E-state index is -0.826. The molecule has 1 saturated heterocycles. The lowest BCUT2D eigenvalue weighted by Crippen LogP contribution is -2.55. The number of para-hydroxylation sites is 1. The van der Waals surface area contributed by atoms with Crippen LogP contribution in [0.4, 0.5) is 4.79 Å². The van der Waals surface area contributed by atoms with Crippen LogP contribution in [0.2, 0.25) is 0 Å². The van der Waals surface area contributed by atoms with Gasteiger partial charge in [-0.2, -0.15) is 0 Å². The standard InChI is InChI=1S/C17H26N2O3S/c1-13-7-4-5-8-16(13)22-11-6-9-18-17(20)19-10-12-23(21)15(3)14(19)2/h4-5,7-8,14-15H,6,9-12H2,1-3H3,(H,18,20)/t14-,15-,23+/m1/s1. The van der Waals surface area contributed by atoms with E-state index in [1.165, 1.54) is 0 Å². The topological polar surface area (TPSA) is 58.6 Å². The maximum atomic E-state index is 12.2. The quantitative estimate of drug-likeness (QED) is 0.838. The Labute approximate surface area is 140 Å². The number of hydrogen-bond acceptors (Lipinski definition) is 3. The molecular weight excluding hydrogens is 312 g/mol. The molecule has 23 heavy (non-hydrogen) atoms. The van der Waals surface area contributed by atoms with Gasteiger partial charge in [0.05, 0.1) is 11.9 Å². The predicted molar refractivity (Wildman–Crippen MR) is 93.3 cm³/mol. The van der Waals surface area contributed by atoms with Crippen LogP contribution < -0.4 is 10.1 Å². The molecule has 6 heteroatoms. The van der Waals surface area contributed by atoms with Gasteiger partial charge in [0, 0.05) is 35.7 Å². The first-order valence-corrected chi connectivity index (χ1v) is 9.49. The third-order valence-corrected chi connectivity index (χ3v) is 6.14. The van der Waals surface area contributed by atoms with Gasteiger partial charge in [0.1, 0.15) is 5.75 Å². The van der Waals surface area contributed by atoms with Gasteiger partial charge in [0.2, 0.25) is 0 Å². The Kier molecular flexibility index (Phi) is 6.45. The van der Waals surface area contributed by atoms with Crippen molar-refractivity contribution >= 4 is 16.8 Å². The summed E-state index contributed by atoms with van der Waals surface area (Å²) in [6.07, 6.45) is 0.754. The van der Waals surface area contributed by atoms with E-state index in [0.29, 0.717) is 25.4 Å². The van der Waals surface area contributed by atoms with Crippen LogP contribution in [0.1, 0.15) is 25.8 Å². The normalized spacial score (nSPS) is 24.3. The van der Waals surface area contributed by atoms with E-state index in [9.17, 15) is 9.00 Å². The number of rotatable bonds is 5. The molecule has 128 valence electrons. The van der Waals surface area contributed by atoms with Gasteiger partial charge in [-0.05, 0) is 38.8 Å². The Morgan fingerprint density at radius 2 is 2.13 bits per heavy atom. The van der Waals surface area contributed by atoms with Crippen molar-refractivity contribution in [3.05, 3.63) is 29.8 Å². The van der Waals surface area contributed by atoms with E-state index in [1.54, 1.807) is 4.90 Å². The van der Waals surface area contributed by atoms with Crippen molar-refractivity contribution in [2.24, 2.45) is 0 Å². The second-order valence-electron chi connectivity index (χ2n) is 5.92. The minimum Gasteiger partial charge on any atom is -0.493 e. The molecule has 0 aliphatic carbocycles. The van der Waals surface area contributed by atoms with Crippen molar-refractivity contribution < 1.29 is 13.7 Å². The summed E-state index contributed by atoms with van der Waals surface area (Å²) in [5.74, 6) is 1.45. The average molecular weight is 338 g/mol. The first-order valence-electron chi connectivity index (χ1n) is 8.10. The van der Waals surface area contributed by atoms with Crippen LogP contribution in [0, 0.1) is 6.92 Å². The Morgan fingerprint density at radius 3 is 2.87 bits per heavy atom. The van der Waals surface area contributed by atoms with E-state index < -0.39 is 10.8 Å². The molecule has 0 radical (unpaired) electrons. The van der Waals surface area contributed by atoms with Gasteiger partial charge in [0.25, 0.3) is 0 Å². The number of hydrogen-bond donors (Lipinski definition) is 1. The number of carbonyl (C=O) groups excluding carboxylic acids is 1. The van der Waals surface area contributed by atoms with E-state index in [-0.39, 0.29) is 17.3 Å². The summed E-state index contributed by atoms with van der Waals surface area (Å²) >= 11 is 0. The molecule has 1 aromatic carbocycles. The summed E-state index contributed by atoms with van der Waals surface area (Å²) < 4.78 is 17.5. The second-order valence-corrected chi connectivity index (χ2v) is 7.84. The molecule has 1 heterocycles. The Bertz CT molecular complexity index is 565. The largest absolute Gasteiger partial charge is 0.493 e. The summed E-state index contributed by atoms with van der Waals surface area (Å²) in [6.45, 7) is 7.62. The number of ether oxygens (including phenoxy) is 1. The SMILES string of the molecule is Cc1ccccc1OCCCNC(=O)N1CC[S@](=O)[C@H](C)[C@H]1C. The zero-order valence-electron chi connectivity index (χ0n) is 14.1. The number of nitrogens with one attached hydrogen (secondary N) is 1. The fourth-order valence-electron chi connectivity index (χ4n) is 2.61. The molecule has 1 aliphatic rings. The molecule has 2 rings (SSSR count). The Hall–Kier alpha value is -1.56. The highest BCUT2D eigenvalue weighted by atomic mass is 32.2. The molecule has 5 nitrogen and oxygen atoms in total. The van der Waals surface area contributed by atoms with Crippen LogP contribution in [0.15, 0.2) is 24.3 Å². The third kappa shape index (κ3) is 4.70. The van der Waals surface area contributed by atoms with Crippen molar-refractivity contribution in [2.75, 3.05) is 25.4 Å². The molecule has 0 bridgehead atoms. The summed E-state index contributed by atoms with van der Waals surface area (Å²) in [4.78, 5) is 14.0. The van der Waals surface area contributed by atoms with Gasteiger partial charge in [0.15, 0.2) is 0 Å².